The van der Waals surface area contributed by atoms with Gasteiger partial charge in [-0.3, -0.25) is 4.99 Å². The Kier molecular flexibility index (Phi) is 5.31. The third kappa shape index (κ3) is 3.53. The highest BCUT2D eigenvalue weighted by atomic mass is 15.1. The van der Waals surface area contributed by atoms with Crippen LogP contribution in [0.3, 0.4) is 0 Å². The van der Waals surface area contributed by atoms with E-state index in [1.807, 2.05) is 36.7 Å². The second kappa shape index (κ2) is 7.41. The number of aliphatic imine (C=N–C) groups is 1. The number of hydrogen-bond donors (Lipinski definition) is 0. The van der Waals surface area contributed by atoms with E-state index < -0.39 is 0 Å². The second-order valence-corrected chi connectivity index (χ2v) is 5.15. The predicted octanol–water partition coefficient (Wildman–Crippen LogP) is 5.38. The molecule has 2 nitrogen and oxygen atoms in total. The molecule has 112 valence electrons. The van der Waals surface area contributed by atoms with E-state index in [2.05, 4.69) is 60.7 Å². The molecule has 0 N–H and O–H groups in total. The zero-order valence-corrected chi connectivity index (χ0v) is 13.5. The van der Waals surface area contributed by atoms with Gasteiger partial charge in [0.1, 0.15) is 0 Å². The Labute approximate surface area is 133 Å². The number of nitrogens with zero attached hydrogens (tertiary/aromatic N) is 2. The summed E-state index contributed by atoms with van der Waals surface area (Å²) in [7, 11) is 1.78. The lowest BCUT2D eigenvalue weighted by Crippen LogP contribution is -2.09. The van der Waals surface area contributed by atoms with E-state index >= 15 is 0 Å². The van der Waals surface area contributed by atoms with Gasteiger partial charge >= 0.3 is 0 Å². The van der Waals surface area contributed by atoms with Crippen molar-refractivity contribution in [2.45, 2.75) is 13.8 Å². The van der Waals surface area contributed by atoms with Crippen LogP contribution in [0.2, 0.25) is 0 Å². The normalized spacial score (nSPS) is 11.7. The van der Waals surface area contributed by atoms with Crippen LogP contribution >= 0.6 is 0 Å². The molecule has 22 heavy (non-hydrogen) atoms. The maximum absolute atomic E-state index is 4.01. The number of anilines is 2. The Morgan fingerprint density at radius 1 is 1.14 bits per heavy atom. The lowest BCUT2D eigenvalue weighted by Gasteiger charge is -2.23. The van der Waals surface area contributed by atoms with Crippen LogP contribution in [0.1, 0.15) is 18.1 Å². The van der Waals surface area contributed by atoms with Crippen molar-refractivity contribution in [1.29, 1.82) is 0 Å². The minimum Gasteiger partial charge on any atom is -0.317 e. The molecule has 2 heteroatoms. The van der Waals surface area contributed by atoms with Gasteiger partial charge in [0.05, 0.1) is 0 Å². The van der Waals surface area contributed by atoms with Gasteiger partial charge in [-0.1, -0.05) is 36.9 Å². The molecule has 2 aromatic rings. The highest BCUT2D eigenvalue weighted by molar-refractivity contribution is 5.85. The zero-order chi connectivity index (χ0) is 15.9. The highest BCUT2D eigenvalue weighted by Crippen LogP contribution is 2.31. The quantitative estimate of drug-likeness (QED) is 0.675. The summed E-state index contributed by atoms with van der Waals surface area (Å²) in [5.74, 6) is 0. The summed E-state index contributed by atoms with van der Waals surface area (Å²) >= 11 is 0. The average molecular weight is 290 g/mol. The number of hydrogen-bond acceptors (Lipinski definition) is 2. The number of rotatable bonds is 5. The smallest absolute Gasteiger partial charge is 0.0490 e. The van der Waals surface area contributed by atoms with Gasteiger partial charge in [0.15, 0.2) is 0 Å². The van der Waals surface area contributed by atoms with Gasteiger partial charge in [-0.15, -0.1) is 0 Å². The summed E-state index contributed by atoms with van der Waals surface area (Å²) in [6.07, 6.45) is 5.69. The molecule has 0 saturated heterocycles. The third-order valence-corrected chi connectivity index (χ3v) is 3.61. The zero-order valence-electron chi connectivity index (χ0n) is 13.5. The Bertz CT molecular complexity index is 697. The second-order valence-electron chi connectivity index (χ2n) is 5.15. The van der Waals surface area contributed by atoms with Crippen LogP contribution < -0.4 is 4.90 Å². The first-order chi connectivity index (χ1) is 10.7. The predicted molar refractivity (Wildman–Crippen MR) is 98.0 cm³/mol. The minimum atomic E-state index is 1.11. The molecule has 0 heterocycles. The third-order valence-electron chi connectivity index (χ3n) is 3.61. The molecule has 0 aliphatic carbocycles. The van der Waals surface area contributed by atoms with Crippen LogP contribution in [0.15, 0.2) is 72.4 Å². The molecule has 0 aliphatic rings. The molecule has 0 aromatic heterocycles. The van der Waals surface area contributed by atoms with E-state index in [-0.39, 0.29) is 0 Å². The van der Waals surface area contributed by atoms with Crippen molar-refractivity contribution in [2.24, 2.45) is 4.99 Å². The Morgan fingerprint density at radius 2 is 1.86 bits per heavy atom. The van der Waals surface area contributed by atoms with Crippen LogP contribution in [0.5, 0.6) is 0 Å². The van der Waals surface area contributed by atoms with Crippen molar-refractivity contribution in [3.8, 4) is 0 Å². The minimum absolute atomic E-state index is 1.11. The lowest BCUT2D eigenvalue weighted by molar-refractivity contribution is 1.25. The molecule has 2 rings (SSSR count). The standard InChI is InChI=1S/C20H22N2/c1-5-22(19-9-7-6-8-10-19)20-15-18(12-11-17(20)3)16(2)13-14-21-4/h5-15H,1H2,2-4H3/b16-13+,21-14?. The first-order valence-electron chi connectivity index (χ1n) is 7.34. The number of aryl methyl sites for hydroxylation is 1. The van der Waals surface area contributed by atoms with E-state index in [0.717, 1.165) is 11.4 Å². The van der Waals surface area contributed by atoms with Gasteiger partial charge in [0.2, 0.25) is 0 Å². The Hall–Kier alpha value is -2.61. The summed E-state index contributed by atoms with van der Waals surface area (Å²) in [5, 5.41) is 0. The van der Waals surface area contributed by atoms with Gasteiger partial charge in [0.25, 0.3) is 0 Å². The van der Waals surface area contributed by atoms with Crippen LogP contribution in [-0.2, 0) is 0 Å². The Morgan fingerprint density at radius 3 is 2.50 bits per heavy atom. The molecular weight excluding hydrogens is 268 g/mol. The summed E-state index contributed by atoms with van der Waals surface area (Å²) in [4.78, 5) is 6.12. The molecule has 2 aromatic carbocycles. The number of allylic oxidation sites excluding steroid dienone is 2. The van der Waals surface area contributed by atoms with Crippen LogP contribution in [-0.4, -0.2) is 13.3 Å². The van der Waals surface area contributed by atoms with Crippen LogP contribution in [0.4, 0.5) is 11.4 Å². The first kappa shape index (κ1) is 15.8. The molecule has 0 atom stereocenters. The SMILES string of the molecule is C=CN(c1ccccc1)c1cc(/C(C)=C/C=NC)ccc1C. The molecular formula is C20H22N2. The van der Waals surface area contributed by atoms with Crippen molar-refractivity contribution >= 4 is 23.2 Å². The lowest BCUT2D eigenvalue weighted by atomic mass is 10.0. The largest absolute Gasteiger partial charge is 0.317 e. The van der Waals surface area contributed by atoms with Crippen molar-refractivity contribution in [3.63, 3.8) is 0 Å². The molecule has 0 spiro atoms. The van der Waals surface area contributed by atoms with Crippen LogP contribution in [0, 0.1) is 6.92 Å². The molecule has 0 bridgehead atoms. The van der Waals surface area contributed by atoms with Crippen LogP contribution in [0.25, 0.3) is 5.57 Å². The molecule has 0 radical (unpaired) electrons. The van der Waals surface area contributed by atoms with Gasteiger partial charge in [-0.05, 0) is 54.8 Å². The summed E-state index contributed by atoms with van der Waals surface area (Å²) in [6.45, 7) is 8.18. The topological polar surface area (TPSA) is 15.6 Å². The monoisotopic (exact) mass is 290 g/mol. The first-order valence-corrected chi connectivity index (χ1v) is 7.34. The molecule has 0 saturated carbocycles. The van der Waals surface area contributed by atoms with E-state index in [9.17, 15) is 0 Å². The summed E-state index contributed by atoms with van der Waals surface area (Å²) < 4.78 is 0. The van der Waals surface area contributed by atoms with Gasteiger partial charge in [-0.2, -0.15) is 0 Å². The fourth-order valence-corrected chi connectivity index (χ4v) is 2.33. The van der Waals surface area contributed by atoms with Crippen molar-refractivity contribution < 1.29 is 0 Å². The van der Waals surface area contributed by atoms with Gasteiger partial charge < -0.3 is 4.90 Å². The highest BCUT2D eigenvalue weighted by Gasteiger charge is 2.09. The molecule has 0 aliphatic heterocycles. The fraction of sp³-hybridized carbons (Fsp3) is 0.150. The van der Waals surface area contributed by atoms with E-state index in [1.165, 1.54) is 16.7 Å². The Balaban J connectivity index is 2.48. The maximum atomic E-state index is 4.01. The number of para-hydroxylation sites is 1. The number of benzene rings is 2. The van der Waals surface area contributed by atoms with Gasteiger partial charge in [-0.25, -0.2) is 0 Å². The fourth-order valence-electron chi connectivity index (χ4n) is 2.33. The van der Waals surface area contributed by atoms with Crippen molar-refractivity contribution in [3.05, 3.63) is 78.5 Å². The van der Waals surface area contributed by atoms with E-state index in [0.29, 0.717) is 0 Å². The summed E-state index contributed by atoms with van der Waals surface area (Å²) in [5.41, 5.74) is 5.83. The molecule has 0 amide bonds. The molecule has 0 fully saturated rings. The van der Waals surface area contributed by atoms with E-state index in [1.54, 1.807) is 7.05 Å². The summed E-state index contributed by atoms with van der Waals surface area (Å²) in [6, 6.07) is 16.7. The van der Waals surface area contributed by atoms with E-state index in [4.69, 9.17) is 0 Å². The van der Waals surface area contributed by atoms with Gasteiger partial charge in [0, 0.05) is 30.8 Å². The average Bonchev–Trinajstić information content (AvgIpc) is 2.56. The maximum Gasteiger partial charge on any atom is 0.0490 e. The molecule has 0 unspecified atom stereocenters. The van der Waals surface area contributed by atoms with Crippen molar-refractivity contribution in [1.82, 2.24) is 0 Å². The van der Waals surface area contributed by atoms with Crippen molar-refractivity contribution in [2.75, 3.05) is 11.9 Å².